The molecule has 2 aromatic carbocycles. The number of hydrogen-bond donors (Lipinski definition) is 2. The van der Waals surface area contributed by atoms with Crippen LogP contribution in [0.15, 0.2) is 56.4 Å². The van der Waals surface area contributed by atoms with E-state index in [2.05, 4.69) is 44.1 Å². The van der Waals surface area contributed by atoms with Crippen molar-refractivity contribution in [2.24, 2.45) is 10.2 Å². The van der Waals surface area contributed by atoms with E-state index in [1.54, 1.807) is 0 Å². The van der Waals surface area contributed by atoms with Gasteiger partial charge in [0.25, 0.3) is 0 Å². The summed E-state index contributed by atoms with van der Waals surface area (Å²) in [7, 11) is -9.09. The van der Waals surface area contributed by atoms with Crippen LogP contribution in [0.25, 0.3) is 0 Å². The van der Waals surface area contributed by atoms with E-state index in [1.807, 2.05) is 4.90 Å². The van der Waals surface area contributed by atoms with E-state index >= 15 is 0 Å². The number of piperidine rings is 1. The van der Waals surface area contributed by atoms with E-state index in [0.29, 0.717) is 18.0 Å². The summed E-state index contributed by atoms with van der Waals surface area (Å²) >= 11 is 6.70. The minimum Gasteiger partial charge on any atom is -0.726 e. The van der Waals surface area contributed by atoms with Crippen LogP contribution in [-0.4, -0.2) is 61.8 Å². The molecule has 232 valence electrons. The Morgan fingerprint density at radius 2 is 1.78 bits per heavy atom. The topological polar surface area (TPSA) is 247 Å². The van der Waals surface area contributed by atoms with Gasteiger partial charge in [0.15, 0.2) is 9.84 Å². The monoisotopic (exact) mass is 720 g/mol. The van der Waals surface area contributed by atoms with Gasteiger partial charge in [-0.2, -0.15) is 24.4 Å². The fourth-order valence-corrected chi connectivity index (χ4v) is 5.95. The molecule has 0 amide bonds. The maximum atomic E-state index is 12.6. The number of anilines is 4. The third kappa shape index (κ3) is 12.4. The van der Waals surface area contributed by atoms with Gasteiger partial charge in [0.1, 0.15) is 5.69 Å². The number of nitrogen functional groups attached to an aromatic ring is 1. The standard InChI is InChI=1S/C22H25ClN8O9S3.2Na/c23-20-26-21(28-22(27-20)31-7-2-1-3-8-31)25-17-12-16(24)19(41-40-39-32)13-18(17)30-29-14-5-4-6-15(11-14)42(33,34)10-9-38-43(35,36)37;;/h4-6,11-13,32H,1-3,7-10,24H2,(H,35,36,37)(H,25,26,27,28);;/q;2*+1/p-2. The van der Waals surface area contributed by atoms with Crippen molar-refractivity contribution < 1.29 is 99.3 Å². The third-order valence-corrected chi connectivity index (χ3v) is 8.75. The van der Waals surface area contributed by atoms with E-state index in [1.165, 1.54) is 36.4 Å². The molecule has 0 bridgehead atoms. The third-order valence-electron chi connectivity index (χ3n) is 5.79. The summed E-state index contributed by atoms with van der Waals surface area (Å²) in [6.45, 7) is 0.676. The molecule has 0 spiro atoms. The first-order chi connectivity index (χ1) is 20.4. The van der Waals surface area contributed by atoms with Gasteiger partial charge in [0.05, 0.1) is 45.6 Å². The van der Waals surface area contributed by atoms with Crippen molar-refractivity contribution in [1.29, 1.82) is 0 Å². The molecule has 1 aliphatic rings. The average molecular weight is 721 g/mol. The van der Waals surface area contributed by atoms with Crippen LogP contribution in [0.4, 0.5) is 34.6 Å². The number of halogens is 1. The Labute approximate surface area is 312 Å². The first kappa shape index (κ1) is 40.0. The van der Waals surface area contributed by atoms with Crippen LogP contribution < -0.4 is 80.3 Å². The first-order valence-electron chi connectivity index (χ1n) is 12.3. The van der Waals surface area contributed by atoms with Crippen LogP contribution in [0.2, 0.25) is 5.28 Å². The molecule has 0 saturated carbocycles. The molecule has 45 heavy (non-hydrogen) atoms. The second kappa shape index (κ2) is 18.4. The van der Waals surface area contributed by atoms with Crippen molar-refractivity contribution in [1.82, 2.24) is 15.0 Å². The average Bonchev–Trinajstić information content (AvgIpc) is 2.95. The maximum absolute atomic E-state index is 12.6. The first-order valence-corrected chi connectivity index (χ1v) is 16.4. The van der Waals surface area contributed by atoms with Crippen LogP contribution >= 0.6 is 23.6 Å². The quantitative estimate of drug-likeness (QED) is 0.0257. The van der Waals surface area contributed by atoms with Gasteiger partial charge in [-0.05, 0) is 61.2 Å². The molecular weight excluding hydrogens is 698 g/mol. The van der Waals surface area contributed by atoms with Gasteiger partial charge in [-0.1, -0.05) is 6.07 Å². The minimum absolute atomic E-state index is 0. The van der Waals surface area contributed by atoms with Gasteiger partial charge < -0.3 is 25.8 Å². The van der Waals surface area contributed by atoms with E-state index in [-0.39, 0.29) is 103 Å². The smallest absolute Gasteiger partial charge is 0.726 e. The molecule has 17 nitrogen and oxygen atoms in total. The molecule has 4 rings (SSSR count). The van der Waals surface area contributed by atoms with Crippen molar-refractivity contribution in [2.75, 3.05) is 41.4 Å². The molecule has 3 N–H and O–H groups in total. The minimum atomic E-state index is -5.05. The molecule has 1 aliphatic heterocycles. The fraction of sp³-hybridized carbons (Fsp3) is 0.318. The number of hydrogen-bond acceptors (Lipinski definition) is 18. The van der Waals surface area contributed by atoms with Crippen LogP contribution in [0.1, 0.15) is 19.3 Å². The molecule has 3 aromatic rings. The Kier molecular flexibility index (Phi) is 16.3. The van der Waals surface area contributed by atoms with Gasteiger partial charge in [-0.15, -0.1) is 5.11 Å². The molecule has 1 saturated heterocycles. The number of benzene rings is 2. The van der Waals surface area contributed by atoms with Gasteiger partial charge >= 0.3 is 59.1 Å². The van der Waals surface area contributed by atoms with Gasteiger partial charge in [0, 0.05) is 18.8 Å². The van der Waals surface area contributed by atoms with Crippen LogP contribution in [0.5, 0.6) is 0 Å². The van der Waals surface area contributed by atoms with E-state index in [9.17, 15) is 26.6 Å². The Hall–Kier alpha value is -1.21. The molecule has 1 aromatic heterocycles. The summed E-state index contributed by atoms with van der Waals surface area (Å²) in [5.74, 6) is -0.286. The molecule has 23 heteroatoms. The second-order valence-electron chi connectivity index (χ2n) is 8.77. The number of rotatable bonds is 13. The fourth-order valence-electron chi connectivity index (χ4n) is 3.86. The zero-order chi connectivity index (χ0) is 31.0. The van der Waals surface area contributed by atoms with Crippen LogP contribution in [0.3, 0.4) is 0 Å². The van der Waals surface area contributed by atoms with E-state index < -0.39 is 32.6 Å². The molecule has 0 aliphatic carbocycles. The Bertz CT molecular complexity index is 1700. The number of aromatic nitrogens is 3. The van der Waals surface area contributed by atoms with Crippen molar-refractivity contribution in [3.63, 3.8) is 0 Å². The maximum Gasteiger partial charge on any atom is 1.00 e. The number of nitrogens with two attached hydrogens (primary N) is 1. The summed E-state index contributed by atoms with van der Waals surface area (Å²) in [6, 6.07) is 8.18. The van der Waals surface area contributed by atoms with Crippen molar-refractivity contribution >= 4 is 78.5 Å². The van der Waals surface area contributed by atoms with Gasteiger partial charge in [-0.25, -0.2) is 16.8 Å². The molecule has 0 unspecified atom stereocenters. The van der Waals surface area contributed by atoms with Crippen LogP contribution in [-0.2, 0) is 33.8 Å². The van der Waals surface area contributed by atoms with Gasteiger partial charge in [-0.3, -0.25) is 9.22 Å². The Morgan fingerprint density at radius 3 is 2.47 bits per heavy atom. The molecule has 0 atom stereocenters. The SMILES string of the molecule is Nc1cc(Nc2nc(Cl)nc(N3CCCCC3)n2)c(N=Nc2cccc(S(=O)(=O)CCOS(=O)(=O)[O-])c2)cc1SOO[O-].[Na+].[Na+]. The summed E-state index contributed by atoms with van der Waals surface area (Å²) in [5.41, 5.74) is 6.78. The summed E-state index contributed by atoms with van der Waals surface area (Å²) in [4.78, 5) is 14.8. The Balaban J connectivity index is 0.00000353. The summed E-state index contributed by atoms with van der Waals surface area (Å²) in [5, 5.41) is 25.0. The molecular formula is C22H23ClN8Na2O9S3. The second-order valence-corrected chi connectivity index (χ2v) is 13.0. The van der Waals surface area contributed by atoms with Gasteiger partial charge in [0.2, 0.25) is 27.6 Å². The van der Waals surface area contributed by atoms with Crippen molar-refractivity contribution in [3.8, 4) is 0 Å². The summed E-state index contributed by atoms with van der Waals surface area (Å²) < 4.78 is 65.4. The number of nitrogens with zero attached hydrogens (tertiary/aromatic N) is 6. The predicted molar refractivity (Wildman–Crippen MR) is 151 cm³/mol. The largest absolute Gasteiger partial charge is 1.00 e. The summed E-state index contributed by atoms with van der Waals surface area (Å²) in [6.07, 6.45) is 3.08. The number of sulfone groups is 1. The zero-order valence-electron chi connectivity index (χ0n) is 24.0. The number of azo groups is 1. The Morgan fingerprint density at radius 1 is 1.04 bits per heavy atom. The van der Waals surface area contributed by atoms with E-state index in [4.69, 9.17) is 17.3 Å². The van der Waals surface area contributed by atoms with Crippen molar-refractivity contribution in [2.45, 2.75) is 29.1 Å². The molecule has 0 radical (unpaired) electrons. The van der Waals surface area contributed by atoms with Crippen LogP contribution in [0, 0.1) is 0 Å². The number of nitrogens with one attached hydrogen (secondary N) is 1. The van der Waals surface area contributed by atoms with E-state index in [0.717, 1.165) is 32.4 Å². The normalized spacial score (nSPS) is 13.7. The molecule has 2 heterocycles. The zero-order valence-corrected chi connectivity index (χ0v) is 31.2. The predicted octanol–water partition coefficient (Wildman–Crippen LogP) is -3.25. The molecule has 1 fully saturated rings. The van der Waals surface area contributed by atoms with Crippen molar-refractivity contribution in [3.05, 3.63) is 41.7 Å².